The number of benzene rings is 2. The maximum absolute atomic E-state index is 12.7. The summed E-state index contributed by atoms with van der Waals surface area (Å²) in [5.74, 6) is -0.151. The predicted octanol–water partition coefficient (Wildman–Crippen LogP) is 3.19. The van der Waals surface area contributed by atoms with Crippen LogP contribution in [0.5, 0.6) is 0 Å². The SMILES string of the molecule is Cc1ccc(S(=O)(=O)N2CCN(C(=O)C=Cc3ccccc3Cl)CC2)cc1. The number of sulfonamides is 1. The lowest BCUT2D eigenvalue weighted by Crippen LogP contribution is -2.50. The predicted molar refractivity (Wildman–Crippen MR) is 107 cm³/mol. The van der Waals surface area contributed by atoms with Gasteiger partial charge in [-0.25, -0.2) is 8.42 Å². The summed E-state index contributed by atoms with van der Waals surface area (Å²) < 4.78 is 26.9. The summed E-state index contributed by atoms with van der Waals surface area (Å²) in [7, 11) is -3.53. The number of nitrogens with zero attached hydrogens (tertiary/aromatic N) is 2. The summed E-state index contributed by atoms with van der Waals surface area (Å²) in [6.07, 6.45) is 3.16. The third kappa shape index (κ3) is 4.58. The summed E-state index contributed by atoms with van der Waals surface area (Å²) in [6, 6.07) is 14.1. The highest BCUT2D eigenvalue weighted by molar-refractivity contribution is 7.89. The van der Waals surface area contributed by atoms with E-state index in [1.54, 1.807) is 41.3 Å². The van der Waals surface area contributed by atoms with Crippen molar-refractivity contribution in [3.8, 4) is 0 Å². The highest BCUT2D eigenvalue weighted by Gasteiger charge is 2.29. The fraction of sp³-hybridized carbons (Fsp3) is 0.250. The van der Waals surface area contributed by atoms with Crippen LogP contribution in [0.25, 0.3) is 6.08 Å². The van der Waals surface area contributed by atoms with Crippen molar-refractivity contribution in [2.24, 2.45) is 0 Å². The number of carbonyl (C=O) groups is 1. The molecule has 27 heavy (non-hydrogen) atoms. The quantitative estimate of drug-likeness (QED) is 0.735. The third-order valence-corrected chi connectivity index (χ3v) is 6.78. The van der Waals surface area contributed by atoms with E-state index in [0.29, 0.717) is 18.1 Å². The van der Waals surface area contributed by atoms with Crippen molar-refractivity contribution in [1.82, 2.24) is 9.21 Å². The van der Waals surface area contributed by atoms with Gasteiger partial charge in [-0.1, -0.05) is 47.5 Å². The Labute approximate surface area is 164 Å². The van der Waals surface area contributed by atoms with Crippen LogP contribution in [0.2, 0.25) is 5.02 Å². The average molecular weight is 405 g/mol. The molecule has 1 heterocycles. The van der Waals surface area contributed by atoms with Gasteiger partial charge in [-0.05, 0) is 36.8 Å². The Kier molecular flexibility index (Phi) is 5.99. The van der Waals surface area contributed by atoms with E-state index in [9.17, 15) is 13.2 Å². The van der Waals surface area contributed by atoms with E-state index in [1.807, 2.05) is 25.1 Å². The summed E-state index contributed by atoms with van der Waals surface area (Å²) in [5.41, 5.74) is 1.78. The second-order valence-corrected chi connectivity index (χ2v) is 8.74. The van der Waals surface area contributed by atoms with Crippen LogP contribution in [0.1, 0.15) is 11.1 Å². The zero-order valence-corrected chi connectivity index (χ0v) is 16.6. The van der Waals surface area contributed by atoms with Gasteiger partial charge in [0.15, 0.2) is 0 Å². The van der Waals surface area contributed by atoms with Gasteiger partial charge in [0.1, 0.15) is 0 Å². The molecule has 5 nitrogen and oxygen atoms in total. The van der Waals surface area contributed by atoms with Crippen LogP contribution >= 0.6 is 11.6 Å². The zero-order chi connectivity index (χ0) is 19.4. The fourth-order valence-corrected chi connectivity index (χ4v) is 4.51. The van der Waals surface area contributed by atoms with Gasteiger partial charge >= 0.3 is 0 Å². The Morgan fingerprint density at radius 2 is 1.63 bits per heavy atom. The van der Waals surface area contributed by atoms with Crippen LogP contribution in [-0.4, -0.2) is 49.7 Å². The molecule has 0 atom stereocenters. The van der Waals surface area contributed by atoms with Gasteiger partial charge in [-0.2, -0.15) is 4.31 Å². The van der Waals surface area contributed by atoms with Crippen LogP contribution < -0.4 is 0 Å². The maximum Gasteiger partial charge on any atom is 0.246 e. The first-order chi connectivity index (χ1) is 12.9. The van der Waals surface area contributed by atoms with E-state index in [1.165, 1.54) is 10.4 Å². The Morgan fingerprint density at radius 3 is 2.26 bits per heavy atom. The maximum atomic E-state index is 12.7. The van der Waals surface area contributed by atoms with Crippen molar-refractivity contribution >= 4 is 33.6 Å². The normalized spacial score (nSPS) is 16.0. The fourth-order valence-electron chi connectivity index (χ4n) is 2.88. The molecule has 1 saturated heterocycles. The smallest absolute Gasteiger partial charge is 0.246 e. The number of aryl methyl sites for hydroxylation is 1. The first kappa shape index (κ1) is 19.6. The van der Waals surface area contributed by atoms with E-state index in [0.717, 1.165) is 11.1 Å². The molecule has 3 rings (SSSR count). The topological polar surface area (TPSA) is 57.7 Å². The number of carbonyl (C=O) groups excluding carboxylic acids is 1. The van der Waals surface area contributed by atoms with E-state index >= 15 is 0 Å². The van der Waals surface area contributed by atoms with Crippen molar-refractivity contribution in [1.29, 1.82) is 0 Å². The monoisotopic (exact) mass is 404 g/mol. The second kappa shape index (κ2) is 8.25. The molecule has 2 aromatic rings. The number of amides is 1. The average Bonchev–Trinajstić information content (AvgIpc) is 2.67. The lowest BCUT2D eigenvalue weighted by molar-refractivity contribution is -0.127. The van der Waals surface area contributed by atoms with Gasteiger partial charge in [-0.15, -0.1) is 0 Å². The lowest BCUT2D eigenvalue weighted by atomic mass is 10.2. The number of hydrogen-bond acceptors (Lipinski definition) is 3. The molecule has 2 aromatic carbocycles. The molecule has 0 radical (unpaired) electrons. The van der Waals surface area contributed by atoms with Crippen molar-refractivity contribution in [2.75, 3.05) is 26.2 Å². The molecule has 0 saturated carbocycles. The van der Waals surface area contributed by atoms with E-state index < -0.39 is 10.0 Å². The number of piperazine rings is 1. The molecule has 0 bridgehead atoms. The molecule has 1 fully saturated rings. The summed E-state index contributed by atoms with van der Waals surface area (Å²) in [5, 5.41) is 0.579. The minimum absolute atomic E-state index is 0.151. The summed E-state index contributed by atoms with van der Waals surface area (Å²) >= 11 is 6.08. The van der Waals surface area contributed by atoms with Crippen LogP contribution in [0.3, 0.4) is 0 Å². The van der Waals surface area contributed by atoms with Gasteiger partial charge in [0.05, 0.1) is 4.90 Å². The molecule has 0 aliphatic carbocycles. The standard InChI is InChI=1S/C20H21ClN2O3S/c1-16-6-9-18(10-7-16)27(25,26)23-14-12-22(13-15-23)20(24)11-8-17-4-2-3-5-19(17)21/h2-11H,12-15H2,1H3. The van der Waals surface area contributed by atoms with Crippen molar-refractivity contribution in [3.63, 3.8) is 0 Å². The van der Waals surface area contributed by atoms with Crippen LogP contribution in [0.4, 0.5) is 0 Å². The van der Waals surface area contributed by atoms with Gasteiger partial charge in [0.25, 0.3) is 0 Å². The summed E-state index contributed by atoms with van der Waals surface area (Å²) in [6.45, 7) is 3.19. The van der Waals surface area contributed by atoms with Gasteiger partial charge < -0.3 is 4.90 Å². The first-order valence-electron chi connectivity index (χ1n) is 8.66. The number of rotatable bonds is 4. The molecule has 0 aromatic heterocycles. The van der Waals surface area contributed by atoms with E-state index in [4.69, 9.17) is 11.6 Å². The molecule has 1 aliphatic heterocycles. The Bertz CT molecular complexity index is 947. The van der Waals surface area contributed by atoms with Crippen molar-refractivity contribution in [2.45, 2.75) is 11.8 Å². The number of hydrogen-bond donors (Lipinski definition) is 0. The Morgan fingerprint density at radius 1 is 1.00 bits per heavy atom. The van der Waals surface area contributed by atoms with E-state index in [2.05, 4.69) is 0 Å². The summed E-state index contributed by atoms with van der Waals surface area (Å²) in [4.78, 5) is 14.3. The zero-order valence-electron chi connectivity index (χ0n) is 15.0. The van der Waals surface area contributed by atoms with Crippen LogP contribution in [0.15, 0.2) is 59.5 Å². The molecule has 7 heteroatoms. The molecule has 142 valence electrons. The lowest BCUT2D eigenvalue weighted by Gasteiger charge is -2.33. The molecule has 0 spiro atoms. The molecule has 1 aliphatic rings. The number of halogens is 1. The Balaban J connectivity index is 1.62. The molecule has 0 unspecified atom stereocenters. The molecular formula is C20H21ClN2O3S. The van der Waals surface area contributed by atoms with Gasteiger partial charge in [0.2, 0.25) is 15.9 Å². The van der Waals surface area contributed by atoms with Gasteiger partial charge in [0, 0.05) is 37.3 Å². The van der Waals surface area contributed by atoms with Gasteiger partial charge in [-0.3, -0.25) is 4.79 Å². The molecule has 1 amide bonds. The first-order valence-corrected chi connectivity index (χ1v) is 10.5. The molecular weight excluding hydrogens is 384 g/mol. The van der Waals surface area contributed by atoms with Crippen molar-refractivity contribution < 1.29 is 13.2 Å². The molecule has 0 N–H and O–H groups in total. The third-order valence-electron chi connectivity index (χ3n) is 4.52. The van der Waals surface area contributed by atoms with Crippen LogP contribution in [0, 0.1) is 6.92 Å². The minimum atomic E-state index is -3.53. The second-order valence-electron chi connectivity index (χ2n) is 6.40. The van der Waals surface area contributed by atoms with Crippen molar-refractivity contribution in [3.05, 3.63) is 70.8 Å². The highest BCUT2D eigenvalue weighted by Crippen LogP contribution is 2.19. The van der Waals surface area contributed by atoms with Crippen LogP contribution in [-0.2, 0) is 14.8 Å². The minimum Gasteiger partial charge on any atom is -0.337 e. The van der Waals surface area contributed by atoms with E-state index in [-0.39, 0.29) is 23.9 Å². The Hall–Kier alpha value is -2.15. The largest absolute Gasteiger partial charge is 0.337 e. The highest BCUT2D eigenvalue weighted by atomic mass is 35.5.